The predicted octanol–water partition coefficient (Wildman–Crippen LogP) is 1.52. The van der Waals surface area contributed by atoms with Gasteiger partial charge in [0.2, 0.25) is 5.91 Å². The molecule has 1 saturated heterocycles. The molecule has 1 aliphatic heterocycles. The molecule has 0 spiro atoms. The maximum Gasteiger partial charge on any atom is 0.241 e. The molecule has 0 aliphatic carbocycles. The minimum Gasteiger partial charge on any atom is -0.324 e. The Labute approximate surface area is 112 Å². The van der Waals surface area contributed by atoms with E-state index in [0.29, 0.717) is 11.8 Å². The molecule has 1 rings (SSSR count). The third kappa shape index (κ3) is 3.69. The van der Waals surface area contributed by atoms with E-state index < -0.39 is 0 Å². The van der Waals surface area contributed by atoms with Crippen molar-refractivity contribution in [3.05, 3.63) is 0 Å². The molecule has 1 heterocycles. The van der Waals surface area contributed by atoms with Gasteiger partial charge in [-0.1, -0.05) is 34.1 Å². The van der Waals surface area contributed by atoms with Gasteiger partial charge < -0.3 is 9.80 Å². The average Bonchev–Trinajstić information content (AvgIpc) is 2.64. The van der Waals surface area contributed by atoms with Crippen molar-refractivity contribution in [2.75, 3.05) is 26.7 Å². The second-order valence-corrected chi connectivity index (χ2v) is 5.62. The van der Waals surface area contributed by atoms with Crippen LogP contribution in [0.4, 0.5) is 0 Å². The molecule has 0 bridgehead atoms. The van der Waals surface area contributed by atoms with E-state index in [9.17, 15) is 4.79 Å². The van der Waals surface area contributed by atoms with Gasteiger partial charge in [0.1, 0.15) is 0 Å². The monoisotopic (exact) mass is 255 g/mol. The molecular formula is C14H29N3O. The summed E-state index contributed by atoms with van der Waals surface area (Å²) in [6.07, 6.45) is 2.21. The molecular weight excluding hydrogens is 226 g/mol. The van der Waals surface area contributed by atoms with Crippen LogP contribution in [0.25, 0.3) is 0 Å². The molecule has 4 heteroatoms. The van der Waals surface area contributed by atoms with Crippen LogP contribution < -0.4 is 5.32 Å². The first-order chi connectivity index (χ1) is 8.51. The number of nitrogens with one attached hydrogen (secondary N) is 1. The molecule has 1 amide bonds. The average molecular weight is 255 g/mol. The number of rotatable bonds is 7. The number of carbonyl (C=O) groups is 1. The van der Waals surface area contributed by atoms with Gasteiger partial charge in [0.15, 0.2) is 0 Å². The minimum atomic E-state index is 0.0364. The lowest BCUT2D eigenvalue weighted by Gasteiger charge is -2.28. The first-order valence-corrected chi connectivity index (χ1v) is 7.26. The van der Waals surface area contributed by atoms with Gasteiger partial charge in [-0.25, -0.2) is 0 Å². The maximum atomic E-state index is 12.4. The van der Waals surface area contributed by atoms with Crippen molar-refractivity contribution in [3.8, 4) is 0 Å². The summed E-state index contributed by atoms with van der Waals surface area (Å²) in [5, 5.41) is 3.49. The van der Waals surface area contributed by atoms with E-state index in [-0.39, 0.29) is 12.2 Å². The quantitative estimate of drug-likeness (QED) is 0.749. The molecule has 0 aromatic heterocycles. The topological polar surface area (TPSA) is 35.6 Å². The first-order valence-electron chi connectivity index (χ1n) is 7.26. The number of carbonyl (C=O) groups excluding carboxylic acids is 1. The summed E-state index contributed by atoms with van der Waals surface area (Å²) in [5.74, 6) is 0.753. The zero-order chi connectivity index (χ0) is 13.7. The molecule has 2 atom stereocenters. The Bertz CT molecular complexity index is 268. The molecule has 18 heavy (non-hydrogen) atoms. The van der Waals surface area contributed by atoms with Gasteiger partial charge >= 0.3 is 0 Å². The van der Waals surface area contributed by atoms with Crippen LogP contribution in [-0.4, -0.2) is 54.6 Å². The second-order valence-electron chi connectivity index (χ2n) is 5.62. The highest BCUT2D eigenvalue weighted by Crippen LogP contribution is 2.19. The predicted molar refractivity (Wildman–Crippen MR) is 75.3 cm³/mol. The third-order valence-corrected chi connectivity index (χ3v) is 3.76. The highest BCUT2D eigenvalue weighted by molar-refractivity contribution is 5.84. The van der Waals surface area contributed by atoms with Gasteiger partial charge in [-0.3, -0.25) is 10.1 Å². The van der Waals surface area contributed by atoms with Crippen molar-refractivity contribution >= 4 is 5.91 Å². The molecule has 0 aromatic carbocycles. The van der Waals surface area contributed by atoms with E-state index in [4.69, 9.17) is 0 Å². The van der Waals surface area contributed by atoms with E-state index >= 15 is 0 Å². The fourth-order valence-electron chi connectivity index (χ4n) is 2.44. The summed E-state index contributed by atoms with van der Waals surface area (Å²) in [5.41, 5.74) is 0. The van der Waals surface area contributed by atoms with Crippen LogP contribution in [0.3, 0.4) is 0 Å². The van der Waals surface area contributed by atoms with Crippen LogP contribution in [0.2, 0.25) is 0 Å². The lowest BCUT2D eigenvalue weighted by Crippen LogP contribution is -2.44. The van der Waals surface area contributed by atoms with Gasteiger partial charge in [-0.05, 0) is 25.9 Å². The highest BCUT2D eigenvalue weighted by atomic mass is 16.2. The fourth-order valence-corrected chi connectivity index (χ4v) is 2.44. The lowest BCUT2D eigenvalue weighted by atomic mass is 10.1. The number of hydrogen-bond donors (Lipinski definition) is 1. The largest absolute Gasteiger partial charge is 0.324 e. The van der Waals surface area contributed by atoms with Crippen molar-refractivity contribution in [2.24, 2.45) is 5.92 Å². The normalized spacial score (nSPS) is 24.6. The van der Waals surface area contributed by atoms with Crippen LogP contribution in [0.5, 0.6) is 0 Å². The highest BCUT2D eigenvalue weighted by Gasteiger charge is 2.39. The first kappa shape index (κ1) is 15.4. The van der Waals surface area contributed by atoms with Crippen molar-refractivity contribution in [1.82, 2.24) is 15.1 Å². The van der Waals surface area contributed by atoms with E-state index in [1.807, 2.05) is 4.90 Å². The molecule has 0 radical (unpaired) electrons. The molecule has 106 valence electrons. The number of amides is 1. The number of hydrogen-bond acceptors (Lipinski definition) is 3. The van der Waals surface area contributed by atoms with Crippen LogP contribution in [0.15, 0.2) is 0 Å². The van der Waals surface area contributed by atoms with Crippen LogP contribution in [-0.2, 0) is 4.79 Å². The van der Waals surface area contributed by atoms with E-state index in [2.05, 4.69) is 45.0 Å². The molecule has 0 saturated carbocycles. The van der Waals surface area contributed by atoms with E-state index in [1.54, 1.807) is 0 Å². The Morgan fingerprint density at radius 2 is 2.06 bits per heavy atom. The van der Waals surface area contributed by atoms with Crippen LogP contribution in [0, 0.1) is 5.92 Å². The molecule has 2 unspecified atom stereocenters. The van der Waals surface area contributed by atoms with E-state index in [0.717, 1.165) is 32.5 Å². The SMILES string of the molecule is CCCC1NC(C(C)C)N(CCN(C)CC)C1=O. The Kier molecular flexibility index (Phi) is 6.09. The van der Waals surface area contributed by atoms with Gasteiger partial charge in [0.25, 0.3) is 0 Å². The minimum absolute atomic E-state index is 0.0364. The van der Waals surface area contributed by atoms with Crippen LogP contribution >= 0.6 is 0 Å². The summed E-state index contributed by atoms with van der Waals surface area (Å²) in [7, 11) is 2.10. The zero-order valence-electron chi connectivity index (χ0n) is 12.6. The van der Waals surface area contributed by atoms with Crippen molar-refractivity contribution in [3.63, 3.8) is 0 Å². The molecule has 4 nitrogen and oxygen atoms in total. The Morgan fingerprint density at radius 3 is 2.56 bits per heavy atom. The fraction of sp³-hybridized carbons (Fsp3) is 0.929. The molecule has 0 aromatic rings. The summed E-state index contributed by atoms with van der Waals surface area (Å²) in [6, 6.07) is 0.0364. The Hall–Kier alpha value is -0.610. The Morgan fingerprint density at radius 1 is 1.39 bits per heavy atom. The molecule has 1 aliphatic rings. The van der Waals surface area contributed by atoms with Crippen molar-refractivity contribution in [2.45, 2.75) is 52.7 Å². The van der Waals surface area contributed by atoms with Crippen LogP contribution in [0.1, 0.15) is 40.5 Å². The zero-order valence-corrected chi connectivity index (χ0v) is 12.6. The maximum absolute atomic E-state index is 12.4. The van der Waals surface area contributed by atoms with Crippen molar-refractivity contribution < 1.29 is 4.79 Å². The van der Waals surface area contributed by atoms with Gasteiger partial charge in [0, 0.05) is 13.1 Å². The molecule has 1 fully saturated rings. The smallest absolute Gasteiger partial charge is 0.241 e. The van der Waals surface area contributed by atoms with Crippen molar-refractivity contribution in [1.29, 1.82) is 0 Å². The van der Waals surface area contributed by atoms with Gasteiger partial charge in [-0.15, -0.1) is 0 Å². The Balaban J connectivity index is 2.63. The summed E-state index contributed by atoms with van der Waals surface area (Å²) >= 11 is 0. The van der Waals surface area contributed by atoms with E-state index in [1.165, 1.54) is 0 Å². The third-order valence-electron chi connectivity index (χ3n) is 3.76. The second kappa shape index (κ2) is 7.10. The summed E-state index contributed by atoms with van der Waals surface area (Å²) in [4.78, 5) is 16.6. The molecule has 1 N–H and O–H groups in total. The number of nitrogens with zero attached hydrogens (tertiary/aromatic N) is 2. The summed E-state index contributed by atoms with van der Waals surface area (Å²) in [6.45, 7) is 11.4. The summed E-state index contributed by atoms with van der Waals surface area (Å²) < 4.78 is 0. The van der Waals surface area contributed by atoms with Gasteiger partial charge in [0.05, 0.1) is 12.2 Å². The number of likely N-dealkylation sites (N-methyl/N-ethyl adjacent to an activating group) is 1. The standard InChI is InChI=1S/C14H29N3O/c1-6-8-12-14(18)17(10-9-16(5)7-2)13(15-12)11(3)4/h11-13,15H,6-10H2,1-5H3. The van der Waals surface area contributed by atoms with Gasteiger partial charge in [-0.2, -0.15) is 0 Å². The lowest BCUT2D eigenvalue weighted by molar-refractivity contribution is -0.130.